The molecule has 1 aromatic rings. The monoisotopic (exact) mass is 249 g/mol. The van der Waals surface area contributed by atoms with E-state index in [1.54, 1.807) is 0 Å². The molecule has 1 aromatic carbocycles. The van der Waals surface area contributed by atoms with E-state index in [4.69, 9.17) is 10.5 Å². The maximum atomic E-state index is 12.9. The largest absolute Gasteiger partial charge is 0.496 e. The van der Waals surface area contributed by atoms with Gasteiger partial charge in [-0.2, -0.15) is 0 Å². The first-order valence-corrected chi connectivity index (χ1v) is 4.87. The second-order valence-electron chi connectivity index (χ2n) is 3.39. The average Bonchev–Trinajstić information content (AvgIpc) is 2.26. The number of aliphatic hydroxyl groups excluding tert-OH is 1. The van der Waals surface area contributed by atoms with Crippen LogP contribution in [0.5, 0.6) is 5.75 Å². The van der Waals surface area contributed by atoms with Crippen molar-refractivity contribution in [2.45, 2.75) is 25.5 Å². The fourth-order valence-corrected chi connectivity index (χ4v) is 1.42. The van der Waals surface area contributed by atoms with Crippen LogP contribution in [0.25, 0.3) is 0 Å². The lowest BCUT2D eigenvalue weighted by Gasteiger charge is -2.19. The zero-order chi connectivity index (χ0) is 11.4. The summed E-state index contributed by atoms with van der Waals surface area (Å²) in [5.74, 6) is -0.0104. The Morgan fingerprint density at radius 1 is 1.50 bits per heavy atom. The van der Waals surface area contributed by atoms with Crippen molar-refractivity contribution in [2.75, 3.05) is 7.11 Å². The predicted octanol–water partition coefficient (Wildman–Crippen LogP) is 2.03. The van der Waals surface area contributed by atoms with Crippen LogP contribution >= 0.6 is 12.4 Å². The molecule has 0 amide bonds. The van der Waals surface area contributed by atoms with E-state index < -0.39 is 12.1 Å². The molecule has 1 rings (SSSR count). The first-order valence-electron chi connectivity index (χ1n) is 4.87. The lowest BCUT2D eigenvalue weighted by atomic mass is 10.00. The number of hydrogen-bond acceptors (Lipinski definition) is 3. The SMILES string of the molecule is CC[C@H](O)[C@H](N)c1ccc(F)cc1OC.Cl. The lowest BCUT2D eigenvalue weighted by molar-refractivity contribution is 0.139. The number of halogens is 2. The molecular formula is C11H17ClFNO2. The molecule has 0 spiro atoms. The van der Waals surface area contributed by atoms with Crippen LogP contribution in [0.4, 0.5) is 4.39 Å². The normalized spacial score (nSPS) is 13.8. The summed E-state index contributed by atoms with van der Waals surface area (Å²) in [5.41, 5.74) is 6.44. The standard InChI is InChI=1S/C11H16FNO2.ClH/c1-3-9(14)11(13)8-5-4-7(12)6-10(8)15-2;/h4-6,9,11,14H,3,13H2,1-2H3;1H/t9-,11+;/m0./s1. The zero-order valence-electron chi connectivity index (χ0n) is 9.31. The van der Waals surface area contributed by atoms with E-state index in [-0.39, 0.29) is 18.2 Å². The molecule has 0 radical (unpaired) electrons. The summed E-state index contributed by atoms with van der Waals surface area (Å²) in [4.78, 5) is 0. The highest BCUT2D eigenvalue weighted by atomic mass is 35.5. The molecule has 0 fully saturated rings. The van der Waals surface area contributed by atoms with Crippen LogP contribution in [0.15, 0.2) is 18.2 Å². The van der Waals surface area contributed by atoms with Gasteiger partial charge in [0.05, 0.1) is 19.3 Å². The van der Waals surface area contributed by atoms with E-state index in [1.807, 2.05) is 6.92 Å². The van der Waals surface area contributed by atoms with Gasteiger partial charge in [0.1, 0.15) is 11.6 Å². The second-order valence-corrected chi connectivity index (χ2v) is 3.39. The molecule has 0 saturated heterocycles. The van der Waals surface area contributed by atoms with Crippen molar-refractivity contribution in [1.82, 2.24) is 0 Å². The van der Waals surface area contributed by atoms with Gasteiger partial charge in [-0.05, 0) is 12.5 Å². The second kappa shape index (κ2) is 6.68. The third kappa shape index (κ3) is 3.33. The molecule has 0 heterocycles. The molecule has 0 aliphatic heterocycles. The fraction of sp³-hybridized carbons (Fsp3) is 0.455. The third-order valence-corrected chi connectivity index (χ3v) is 2.39. The molecule has 3 N–H and O–H groups in total. The number of methoxy groups -OCH3 is 1. The van der Waals surface area contributed by atoms with Gasteiger partial charge in [-0.3, -0.25) is 0 Å². The van der Waals surface area contributed by atoms with Crippen LogP contribution in [0.1, 0.15) is 24.9 Å². The summed E-state index contributed by atoms with van der Waals surface area (Å²) in [5, 5.41) is 9.59. The minimum atomic E-state index is -0.649. The van der Waals surface area contributed by atoms with E-state index in [2.05, 4.69) is 0 Å². The number of hydrogen-bond donors (Lipinski definition) is 2. The van der Waals surface area contributed by atoms with Crippen molar-refractivity contribution in [2.24, 2.45) is 5.73 Å². The molecular weight excluding hydrogens is 233 g/mol. The van der Waals surface area contributed by atoms with Crippen LogP contribution < -0.4 is 10.5 Å². The highest BCUT2D eigenvalue weighted by Crippen LogP contribution is 2.27. The highest BCUT2D eigenvalue weighted by Gasteiger charge is 2.19. The minimum Gasteiger partial charge on any atom is -0.496 e. The Hall–Kier alpha value is -0.840. The summed E-state index contributed by atoms with van der Waals surface area (Å²) >= 11 is 0. The van der Waals surface area contributed by atoms with Crippen LogP contribution in [-0.4, -0.2) is 18.3 Å². The Labute approximate surface area is 101 Å². The number of ether oxygens (including phenoxy) is 1. The summed E-state index contributed by atoms with van der Waals surface area (Å²) in [7, 11) is 1.45. The summed E-state index contributed by atoms with van der Waals surface area (Å²) in [6.45, 7) is 1.83. The third-order valence-electron chi connectivity index (χ3n) is 2.39. The van der Waals surface area contributed by atoms with Gasteiger partial charge in [-0.25, -0.2) is 4.39 Å². The number of benzene rings is 1. The number of nitrogens with two attached hydrogens (primary N) is 1. The minimum absolute atomic E-state index is 0. The Balaban J connectivity index is 0.00000225. The summed E-state index contributed by atoms with van der Waals surface area (Å²) in [6, 6.07) is 3.56. The van der Waals surface area contributed by atoms with Crippen molar-refractivity contribution < 1.29 is 14.2 Å². The highest BCUT2D eigenvalue weighted by molar-refractivity contribution is 5.85. The van der Waals surface area contributed by atoms with Crippen LogP contribution in [0.2, 0.25) is 0 Å². The smallest absolute Gasteiger partial charge is 0.126 e. The fourth-order valence-electron chi connectivity index (χ4n) is 1.42. The molecule has 3 nitrogen and oxygen atoms in total. The molecule has 0 bridgehead atoms. The van der Waals surface area contributed by atoms with E-state index in [0.29, 0.717) is 17.7 Å². The summed E-state index contributed by atoms with van der Waals surface area (Å²) in [6.07, 6.45) is -0.105. The van der Waals surface area contributed by atoms with Gasteiger partial charge in [0, 0.05) is 11.6 Å². The Bertz CT molecular complexity index is 336. The maximum Gasteiger partial charge on any atom is 0.126 e. The van der Waals surface area contributed by atoms with Crippen molar-refractivity contribution in [1.29, 1.82) is 0 Å². The van der Waals surface area contributed by atoms with Crippen LogP contribution in [-0.2, 0) is 0 Å². The van der Waals surface area contributed by atoms with Gasteiger partial charge in [0.2, 0.25) is 0 Å². The molecule has 0 aliphatic rings. The lowest BCUT2D eigenvalue weighted by Crippen LogP contribution is -2.25. The molecule has 92 valence electrons. The Kier molecular flexibility index (Phi) is 6.33. The number of aliphatic hydroxyl groups is 1. The zero-order valence-corrected chi connectivity index (χ0v) is 10.1. The first kappa shape index (κ1) is 15.2. The van der Waals surface area contributed by atoms with Gasteiger partial charge in [-0.1, -0.05) is 13.0 Å². The van der Waals surface area contributed by atoms with Gasteiger partial charge in [0.25, 0.3) is 0 Å². The molecule has 0 unspecified atom stereocenters. The van der Waals surface area contributed by atoms with Gasteiger partial charge >= 0.3 is 0 Å². The van der Waals surface area contributed by atoms with E-state index in [1.165, 1.54) is 25.3 Å². The average molecular weight is 250 g/mol. The molecule has 0 aliphatic carbocycles. The van der Waals surface area contributed by atoms with E-state index in [0.717, 1.165) is 0 Å². The first-order chi connectivity index (χ1) is 7.10. The predicted molar refractivity (Wildman–Crippen MR) is 63.4 cm³/mol. The van der Waals surface area contributed by atoms with Gasteiger partial charge in [0.15, 0.2) is 0 Å². The van der Waals surface area contributed by atoms with Crippen molar-refractivity contribution in [3.8, 4) is 5.75 Å². The van der Waals surface area contributed by atoms with E-state index >= 15 is 0 Å². The topological polar surface area (TPSA) is 55.5 Å². The quantitative estimate of drug-likeness (QED) is 0.859. The van der Waals surface area contributed by atoms with Crippen molar-refractivity contribution in [3.63, 3.8) is 0 Å². The van der Waals surface area contributed by atoms with E-state index in [9.17, 15) is 9.50 Å². The Morgan fingerprint density at radius 3 is 2.62 bits per heavy atom. The maximum absolute atomic E-state index is 12.9. The molecule has 5 heteroatoms. The van der Waals surface area contributed by atoms with Crippen molar-refractivity contribution >= 4 is 12.4 Å². The van der Waals surface area contributed by atoms with Crippen LogP contribution in [0.3, 0.4) is 0 Å². The molecule has 0 aromatic heterocycles. The molecule has 0 saturated carbocycles. The molecule has 16 heavy (non-hydrogen) atoms. The van der Waals surface area contributed by atoms with Crippen LogP contribution in [0, 0.1) is 5.82 Å². The van der Waals surface area contributed by atoms with Gasteiger partial charge in [-0.15, -0.1) is 12.4 Å². The summed E-state index contributed by atoms with van der Waals surface area (Å²) < 4.78 is 17.9. The molecule has 2 atom stereocenters. The number of rotatable bonds is 4. The van der Waals surface area contributed by atoms with Crippen molar-refractivity contribution in [3.05, 3.63) is 29.6 Å². The van der Waals surface area contributed by atoms with Gasteiger partial charge < -0.3 is 15.6 Å². The Morgan fingerprint density at radius 2 is 2.12 bits per heavy atom.